The molecule has 1 aromatic carbocycles. The SMILES string of the molecule is Cc1cccc(OCC(=O)NC(C)(C)CCO)c1C. The summed E-state index contributed by atoms with van der Waals surface area (Å²) in [5, 5.41) is 11.7. The van der Waals surface area contributed by atoms with Gasteiger partial charge in [0, 0.05) is 12.1 Å². The molecule has 0 aromatic heterocycles. The first-order valence-corrected chi connectivity index (χ1v) is 6.46. The van der Waals surface area contributed by atoms with Crippen molar-refractivity contribution < 1.29 is 14.6 Å². The summed E-state index contributed by atoms with van der Waals surface area (Å²) >= 11 is 0. The molecule has 0 heterocycles. The van der Waals surface area contributed by atoms with E-state index < -0.39 is 5.54 Å². The molecular weight excluding hydrogens is 242 g/mol. The lowest BCUT2D eigenvalue weighted by Crippen LogP contribution is -2.46. The van der Waals surface area contributed by atoms with E-state index in [1.54, 1.807) is 0 Å². The van der Waals surface area contributed by atoms with Crippen LogP contribution in [0.25, 0.3) is 0 Å². The second-order valence-electron chi connectivity index (χ2n) is 5.39. The average molecular weight is 265 g/mol. The second kappa shape index (κ2) is 6.57. The summed E-state index contributed by atoms with van der Waals surface area (Å²) in [6, 6.07) is 5.77. The van der Waals surface area contributed by atoms with Gasteiger partial charge in [-0.15, -0.1) is 0 Å². The van der Waals surface area contributed by atoms with Crippen molar-refractivity contribution in [1.82, 2.24) is 5.32 Å². The molecule has 0 atom stereocenters. The number of rotatable bonds is 6. The van der Waals surface area contributed by atoms with Crippen LogP contribution in [-0.2, 0) is 4.79 Å². The Kier molecular flexibility index (Phi) is 5.36. The zero-order valence-electron chi connectivity index (χ0n) is 12.1. The third kappa shape index (κ3) is 4.91. The fourth-order valence-electron chi connectivity index (χ4n) is 1.78. The third-order valence-electron chi connectivity index (χ3n) is 3.13. The number of carbonyl (C=O) groups excluding carboxylic acids is 1. The highest BCUT2D eigenvalue weighted by Crippen LogP contribution is 2.20. The first kappa shape index (κ1) is 15.5. The molecule has 0 fully saturated rings. The van der Waals surface area contributed by atoms with E-state index in [4.69, 9.17) is 9.84 Å². The first-order valence-electron chi connectivity index (χ1n) is 6.46. The largest absolute Gasteiger partial charge is 0.483 e. The van der Waals surface area contributed by atoms with Gasteiger partial charge in [-0.1, -0.05) is 12.1 Å². The highest BCUT2D eigenvalue weighted by molar-refractivity contribution is 5.78. The molecule has 0 aliphatic heterocycles. The standard InChI is InChI=1S/C15H23NO3/c1-11-6-5-7-13(12(11)2)19-10-14(18)16-15(3,4)8-9-17/h5-7,17H,8-10H2,1-4H3,(H,16,18). The summed E-state index contributed by atoms with van der Waals surface area (Å²) in [4.78, 5) is 11.8. The molecule has 0 saturated carbocycles. The minimum absolute atomic E-state index is 0.0147. The number of aliphatic hydroxyl groups excluding tert-OH is 1. The van der Waals surface area contributed by atoms with E-state index in [-0.39, 0.29) is 19.1 Å². The molecule has 1 rings (SSSR count). The molecule has 19 heavy (non-hydrogen) atoms. The van der Waals surface area contributed by atoms with Crippen LogP contribution in [0.3, 0.4) is 0 Å². The number of hydrogen-bond donors (Lipinski definition) is 2. The first-order chi connectivity index (χ1) is 8.85. The Balaban J connectivity index is 2.53. The summed E-state index contributed by atoms with van der Waals surface area (Å²) in [5.41, 5.74) is 1.76. The van der Waals surface area contributed by atoms with Gasteiger partial charge < -0.3 is 15.2 Å². The fraction of sp³-hybridized carbons (Fsp3) is 0.533. The van der Waals surface area contributed by atoms with E-state index in [0.29, 0.717) is 6.42 Å². The zero-order valence-corrected chi connectivity index (χ0v) is 12.1. The summed E-state index contributed by atoms with van der Waals surface area (Å²) in [7, 11) is 0. The highest BCUT2D eigenvalue weighted by atomic mass is 16.5. The number of benzene rings is 1. The van der Waals surface area contributed by atoms with Crippen molar-refractivity contribution in [3.8, 4) is 5.75 Å². The van der Waals surface area contributed by atoms with E-state index in [2.05, 4.69) is 5.32 Å². The quantitative estimate of drug-likeness (QED) is 0.826. The predicted octanol–water partition coefficient (Wildman–Crippen LogP) is 1.96. The van der Waals surface area contributed by atoms with Crippen molar-refractivity contribution in [1.29, 1.82) is 0 Å². The lowest BCUT2D eigenvalue weighted by Gasteiger charge is -2.25. The van der Waals surface area contributed by atoms with Crippen LogP contribution in [0.5, 0.6) is 5.75 Å². The Bertz CT molecular complexity index is 441. The number of aliphatic hydroxyl groups is 1. The maximum Gasteiger partial charge on any atom is 0.258 e. The van der Waals surface area contributed by atoms with Gasteiger partial charge in [-0.3, -0.25) is 4.79 Å². The maximum atomic E-state index is 11.8. The minimum atomic E-state index is -0.420. The normalized spacial score (nSPS) is 11.2. The molecule has 4 heteroatoms. The van der Waals surface area contributed by atoms with Gasteiger partial charge in [0.25, 0.3) is 5.91 Å². The Morgan fingerprint density at radius 1 is 1.37 bits per heavy atom. The van der Waals surface area contributed by atoms with Crippen LogP contribution >= 0.6 is 0 Å². The van der Waals surface area contributed by atoms with Gasteiger partial charge in [-0.25, -0.2) is 0 Å². The number of hydrogen-bond acceptors (Lipinski definition) is 3. The van der Waals surface area contributed by atoms with Gasteiger partial charge in [-0.05, 0) is 51.3 Å². The number of nitrogens with one attached hydrogen (secondary N) is 1. The summed E-state index contributed by atoms with van der Waals surface area (Å²) in [6.45, 7) is 7.76. The third-order valence-corrected chi connectivity index (χ3v) is 3.13. The van der Waals surface area contributed by atoms with Crippen molar-refractivity contribution in [2.24, 2.45) is 0 Å². The lowest BCUT2D eigenvalue weighted by molar-refractivity contribution is -0.124. The van der Waals surface area contributed by atoms with Gasteiger partial charge in [-0.2, -0.15) is 0 Å². The molecule has 0 unspecified atom stereocenters. The van der Waals surface area contributed by atoms with Gasteiger partial charge >= 0.3 is 0 Å². The average Bonchev–Trinajstić information content (AvgIpc) is 2.30. The molecule has 0 aliphatic rings. The lowest BCUT2D eigenvalue weighted by atomic mass is 10.0. The van der Waals surface area contributed by atoms with Crippen molar-refractivity contribution >= 4 is 5.91 Å². The van der Waals surface area contributed by atoms with E-state index in [1.807, 2.05) is 45.9 Å². The molecule has 0 bridgehead atoms. The molecule has 1 amide bonds. The maximum absolute atomic E-state index is 11.8. The topological polar surface area (TPSA) is 58.6 Å². The van der Waals surface area contributed by atoms with E-state index in [9.17, 15) is 4.79 Å². The summed E-state index contributed by atoms with van der Waals surface area (Å²) in [6.07, 6.45) is 0.516. The zero-order chi connectivity index (χ0) is 14.5. The molecule has 0 aliphatic carbocycles. The van der Waals surface area contributed by atoms with Crippen LogP contribution in [0, 0.1) is 13.8 Å². The van der Waals surface area contributed by atoms with Gasteiger partial charge in [0.05, 0.1) is 0 Å². The van der Waals surface area contributed by atoms with Crippen molar-refractivity contribution in [2.75, 3.05) is 13.2 Å². The molecular formula is C15H23NO3. The van der Waals surface area contributed by atoms with Crippen molar-refractivity contribution in [3.05, 3.63) is 29.3 Å². The molecule has 0 saturated heterocycles. The van der Waals surface area contributed by atoms with Crippen LogP contribution in [0.2, 0.25) is 0 Å². The highest BCUT2D eigenvalue weighted by Gasteiger charge is 2.19. The Morgan fingerprint density at radius 3 is 2.68 bits per heavy atom. The molecule has 0 spiro atoms. The number of ether oxygens (including phenoxy) is 1. The molecule has 2 N–H and O–H groups in total. The Labute approximate surface area is 114 Å². The van der Waals surface area contributed by atoms with Gasteiger partial charge in [0.15, 0.2) is 6.61 Å². The monoisotopic (exact) mass is 265 g/mol. The molecule has 106 valence electrons. The second-order valence-corrected chi connectivity index (χ2v) is 5.39. The minimum Gasteiger partial charge on any atom is -0.483 e. The Morgan fingerprint density at radius 2 is 2.05 bits per heavy atom. The van der Waals surface area contributed by atoms with Gasteiger partial charge in [0.2, 0.25) is 0 Å². The number of carbonyl (C=O) groups is 1. The number of amides is 1. The Hall–Kier alpha value is -1.55. The van der Waals surface area contributed by atoms with E-state index in [0.717, 1.165) is 16.9 Å². The van der Waals surface area contributed by atoms with Crippen LogP contribution in [0.15, 0.2) is 18.2 Å². The molecule has 1 aromatic rings. The predicted molar refractivity (Wildman–Crippen MR) is 75.3 cm³/mol. The van der Waals surface area contributed by atoms with Gasteiger partial charge in [0.1, 0.15) is 5.75 Å². The van der Waals surface area contributed by atoms with E-state index in [1.165, 1.54) is 0 Å². The number of aryl methyl sites for hydroxylation is 1. The smallest absolute Gasteiger partial charge is 0.258 e. The van der Waals surface area contributed by atoms with E-state index >= 15 is 0 Å². The van der Waals surface area contributed by atoms with Crippen LogP contribution < -0.4 is 10.1 Å². The van der Waals surface area contributed by atoms with Crippen molar-refractivity contribution in [2.45, 2.75) is 39.7 Å². The van der Waals surface area contributed by atoms with Crippen molar-refractivity contribution in [3.63, 3.8) is 0 Å². The van der Waals surface area contributed by atoms with Crippen LogP contribution in [0.4, 0.5) is 0 Å². The summed E-state index contributed by atoms with van der Waals surface area (Å²) in [5.74, 6) is 0.550. The molecule has 4 nitrogen and oxygen atoms in total. The summed E-state index contributed by atoms with van der Waals surface area (Å²) < 4.78 is 5.53. The fourth-order valence-corrected chi connectivity index (χ4v) is 1.78. The van der Waals surface area contributed by atoms with Crippen LogP contribution in [0.1, 0.15) is 31.4 Å². The molecule has 0 radical (unpaired) electrons. The van der Waals surface area contributed by atoms with Crippen LogP contribution in [-0.4, -0.2) is 29.8 Å².